The first-order valence-corrected chi connectivity index (χ1v) is 5.81. The number of benzene rings is 1. The average Bonchev–Trinajstić information content (AvgIpc) is 2.61. The number of hydrogen-bond donors (Lipinski definition) is 1. The standard InChI is InChI=1S/C13H16N2O2/c1-3-6-14-13(17)9-4-5-11-10(7-9)8-12(16)15(11)2/h4-5,7H,3,6,8H2,1-2H3,(H,14,17). The van der Waals surface area contributed by atoms with Crippen LogP contribution in [0.1, 0.15) is 29.3 Å². The minimum atomic E-state index is -0.0725. The lowest BCUT2D eigenvalue weighted by atomic mass is 10.1. The number of carbonyl (C=O) groups excluding carboxylic acids is 2. The summed E-state index contributed by atoms with van der Waals surface area (Å²) in [6.07, 6.45) is 1.30. The van der Waals surface area contributed by atoms with E-state index in [2.05, 4.69) is 5.32 Å². The number of carbonyl (C=O) groups is 2. The first-order valence-electron chi connectivity index (χ1n) is 5.81. The Hall–Kier alpha value is -1.84. The summed E-state index contributed by atoms with van der Waals surface area (Å²) in [5.74, 6) is 0.00256. The largest absolute Gasteiger partial charge is 0.352 e. The fourth-order valence-corrected chi connectivity index (χ4v) is 1.95. The molecule has 0 spiro atoms. The molecule has 4 nitrogen and oxygen atoms in total. The van der Waals surface area contributed by atoms with E-state index in [-0.39, 0.29) is 11.8 Å². The van der Waals surface area contributed by atoms with Crippen molar-refractivity contribution in [1.82, 2.24) is 5.32 Å². The molecule has 0 unspecified atom stereocenters. The maximum Gasteiger partial charge on any atom is 0.251 e. The highest BCUT2D eigenvalue weighted by Gasteiger charge is 2.24. The molecule has 0 saturated heterocycles. The second-order valence-electron chi connectivity index (χ2n) is 4.23. The molecule has 0 atom stereocenters. The lowest BCUT2D eigenvalue weighted by molar-refractivity contribution is -0.117. The molecular weight excluding hydrogens is 216 g/mol. The number of fused-ring (bicyclic) bond motifs is 1. The molecule has 1 N–H and O–H groups in total. The van der Waals surface area contributed by atoms with Crippen molar-refractivity contribution < 1.29 is 9.59 Å². The van der Waals surface area contributed by atoms with Crippen molar-refractivity contribution in [2.45, 2.75) is 19.8 Å². The lowest BCUT2D eigenvalue weighted by Crippen LogP contribution is -2.24. The Labute approximate surface area is 101 Å². The van der Waals surface area contributed by atoms with Crippen molar-refractivity contribution >= 4 is 17.5 Å². The van der Waals surface area contributed by atoms with Gasteiger partial charge in [-0.05, 0) is 30.2 Å². The number of nitrogens with one attached hydrogen (secondary N) is 1. The smallest absolute Gasteiger partial charge is 0.251 e. The highest BCUT2D eigenvalue weighted by Crippen LogP contribution is 2.28. The fraction of sp³-hybridized carbons (Fsp3) is 0.385. The minimum absolute atomic E-state index is 0.0725. The van der Waals surface area contributed by atoms with Crippen molar-refractivity contribution in [2.75, 3.05) is 18.5 Å². The number of rotatable bonds is 3. The Balaban J connectivity index is 2.21. The summed E-state index contributed by atoms with van der Waals surface area (Å²) in [5.41, 5.74) is 2.46. The molecule has 0 fully saturated rings. The zero-order chi connectivity index (χ0) is 12.4. The Bertz CT molecular complexity index is 468. The summed E-state index contributed by atoms with van der Waals surface area (Å²) >= 11 is 0. The van der Waals surface area contributed by atoms with Crippen LogP contribution in [0.4, 0.5) is 5.69 Å². The van der Waals surface area contributed by atoms with Crippen LogP contribution >= 0.6 is 0 Å². The van der Waals surface area contributed by atoms with Gasteiger partial charge in [-0.1, -0.05) is 6.92 Å². The number of likely N-dealkylation sites (N-methyl/N-ethyl adjacent to an activating group) is 1. The zero-order valence-electron chi connectivity index (χ0n) is 10.1. The molecule has 1 aromatic rings. The third kappa shape index (κ3) is 2.16. The third-order valence-electron chi connectivity index (χ3n) is 2.95. The van der Waals surface area contributed by atoms with Gasteiger partial charge in [0, 0.05) is 24.8 Å². The van der Waals surface area contributed by atoms with Gasteiger partial charge < -0.3 is 10.2 Å². The Morgan fingerprint density at radius 3 is 2.94 bits per heavy atom. The monoisotopic (exact) mass is 232 g/mol. The van der Waals surface area contributed by atoms with Crippen LogP contribution in [-0.4, -0.2) is 25.4 Å². The van der Waals surface area contributed by atoms with Crippen molar-refractivity contribution in [3.8, 4) is 0 Å². The summed E-state index contributed by atoms with van der Waals surface area (Å²) in [5, 5.41) is 2.82. The Morgan fingerprint density at radius 2 is 2.24 bits per heavy atom. The second kappa shape index (κ2) is 4.57. The summed E-state index contributed by atoms with van der Waals surface area (Å²) in [4.78, 5) is 24.9. The Kier molecular flexibility index (Phi) is 3.13. The van der Waals surface area contributed by atoms with Gasteiger partial charge in [0.05, 0.1) is 6.42 Å². The predicted octanol–water partition coefficient (Wildman–Crippen LogP) is 1.35. The molecule has 0 radical (unpaired) electrons. The van der Waals surface area contributed by atoms with E-state index in [1.54, 1.807) is 18.0 Å². The summed E-state index contributed by atoms with van der Waals surface area (Å²) < 4.78 is 0. The molecule has 17 heavy (non-hydrogen) atoms. The number of anilines is 1. The molecule has 1 aliphatic heterocycles. The van der Waals surface area contributed by atoms with Crippen molar-refractivity contribution in [1.29, 1.82) is 0 Å². The SMILES string of the molecule is CCCNC(=O)c1ccc2c(c1)CC(=O)N2C. The minimum Gasteiger partial charge on any atom is -0.352 e. The first kappa shape index (κ1) is 11.6. The maximum absolute atomic E-state index is 11.8. The van der Waals surface area contributed by atoms with E-state index in [9.17, 15) is 9.59 Å². The van der Waals surface area contributed by atoms with Crippen LogP contribution < -0.4 is 10.2 Å². The normalized spacial score (nSPS) is 13.8. The molecule has 1 heterocycles. The first-order chi connectivity index (χ1) is 8.13. The van der Waals surface area contributed by atoms with Gasteiger partial charge in [0.15, 0.2) is 0 Å². The molecule has 90 valence electrons. The van der Waals surface area contributed by atoms with E-state index in [4.69, 9.17) is 0 Å². The molecule has 2 rings (SSSR count). The number of nitrogens with zero attached hydrogens (tertiary/aromatic N) is 1. The van der Waals surface area contributed by atoms with Crippen LogP contribution in [0.3, 0.4) is 0 Å². The molecular formula is C13H16N2O2. The predicted molar refractivity (Wildman–Crippen MR) is 66.2 cm³/mol. The van der Waals surface area contributed by atoms with E-state index >= 15 is 0 Å². The van der Waals surface area contributed by atoms with Gasteiger partial charge in [-0.15, -0.1) is 0 Å². The molecule has 1 aliphatic rings. The zero-order valence-corrected chi connectivity index (χ0v) is 10.1. The third-order valence-corrected chi connectivity index (χ3v) is 2.95. The number of hydrogen-bond acceptors (Lipinski definition) is 2. The van der Waals surface area contributed by atoms with Gasteiger partial charge in [-0.2, -0.15) is 0 Å². The molecule has 0 aliphatic carbocycles. The van der Waals surface area contributed by atoms with E-state index in [0.29, 0.717) is 18.5 Å². The highest BCUT2D eigenvalue weighted by atomic mass is 16.2. The molecule has 0 bridgehead atoms. The van der Waals surface area contributed by atoms with E-state index < -0.39 is 0 Å². The van der Waals surface area contributed by atoms with Gasteiger partial charge in [-0.25, -0.2) is 0 Å². The van der Waals surface area contributed by atoms with E-state index in [0.717, 1.165) is 17.7 Å². The average molecular weight is 232 g/mol. The topological polar surface area (TPSA) is 49.4 Å². The molecule has 0 aromatic heterocycles. The van der Waals surface area contributed by atoms with E-state index in [1.807, 2.05) is 19.1 Å². The molecule has 2 amide bonds. The van der Waals surface area contributed by atoms with Crippen molar-refractivity contribution in [3.05, 3.63) is 29.3 Å². The van der Waals surface area contributed by atoms with Gasteiger partial charge in [-0.3, -0.25) is 9.59 Å². The summed E-state index contributed by atoms with van der Waals surface area (Å²) in [7, 11) is 1.75. The van der Waals surface area contributed by atoms with Crippen LogP contribution in [0.2, 0.25) is 0 Å². The van der Waals surface area contributed by atoms with Gasteiger partial charge in [0.25, 0.3) is 5.91 Å². The lowest BCUT2D eigenvalue weighted by Gasteiger charge is -2.10. The van der Waals surface area contributed by atoms with Crippen molar-refractivity contribution in [3.63, 3.8) is 0 Å². The van der Waals surface area contributed by atoms with Gasteiger partial charge >= 0.3 is 0 Å². The van der Waals surface area contributed by atoms with Crippen LogP contribution in [0.15, 0.2) is 18.2 Å². The number of amides is 2. The summed E-state index contributed by atoms with van der Waals surface area (Å²) in [6, 6.07) is 5.40. The highest BCUT2D eigenvalue weighted by molar-refractivity contribution is 6.03. The molecule has 4 heteroatoms. The maximum atomic E-state index is 11.8. The van der Waals surface area contributed by atoms with Crippen LogP contribution in [0.5, 0.6) is 0 Å². The van der Waals surface area contributed by atoms with E-state index in [1.165, 1.54) is 0 Å². The summed E-state index contributed by atoms with van der Waals surface area (Å²) in [6.45, 7) is 2.69. The fourth-order valence-electron chi connectivity index (χ4n) is 1.95. The van der Waals surface area contributed by atoms with Crippen molar-refractivity contribution in [2.24, 2.45) is 0 Å². The van der Waals surface area contributed by atoms with Crippen LogP contribution in [0, 0.1) is 0 Å². The molecule has 1 aromatic carbocycles. The van der Waals surface area contributed by atoms with Crippen LogP contribution in [-0.2, 0) is 11.2 Å². The Morgan fingerprint density at radius 1 is 1.47 bits per heavy atom. The molecule has 0 saturated carbocycles. The quantitative estimate of drug-likeness (QED) is 0.855. The van der Waals surface area contributed by atoms with Gasteiger partial charge in [0.2, 0.25) is 5.91 Å². The second-order valence-corrected chi connectivity index (χ2v) is 4.23. The van der Waals surface area contributed by atoms with Gasteiger partial charge in [0.1, 0.15) is 0 Å². The van der Waals surface area contributed by atoms with Crippen LogP contribution in [0.25, 0.3) is 0 Å².